The highest BCUT2D eigenvalue weighted by atomic mass is 35.5. The molecular formula is C11H18ClNOS. The molecule has 0 aliphatic carbocycles. The molecule has 15 heavy (non-hydrogen) atoms. The van der Waals surface area contributed by atoms with Crippen LogP contribution in [0.3, 0.4) is 0 Å². The lowest BCUT2D eigenvalue weighted by atomic mass is 10.1. The van der Waals surface area contributed by atoms with Crippen molar-refractivity contribution in [2.45, 2.75) is 32.4 Å². The molecule has 1 aromatic rings. The Bertz CT molecular complexity index is 290. The zero-order valence-electron chi connectivity index (χ0n) is 9.42. The number of thiophene rings is 1. The summed E-state index contributed by atoms with van der Waals surface area (Å²) in [5.74, 6) is 0. The molecule has 2 atom stereocenters. The van der Waals surface area contributed by atoms with Crippen LogP contribution < -0.4 is 5.32 Å². The van der Waals surface area contributed by atoms with Crippen molar-refractivity contribution in [2.24, 2.45) is 0 Å². The van der Waals surface area contributed by atoms with Crippen LogP contribution in [0.15, 0.2) is 11.4 Å². The maximum atomic E-state index is 6.13. The monoisotopic (exact) mass is 247 g/mol. The van der Waals surface area contributed by atoms with Crippen molar-refractivity contribution in [1.82, 2.24) is 5.32 Å². The van der Waals surface area contributed by atoms with Crippen LogP contribution in [0.4, 0.5) is 0 Å². The molecule has 0 spiro atoms. The van der Waals surface area contributed by atoms with Crippen molar-refractivity contribution in [3.63, 3.8) is 0 Å². The molecule has 86 valence electrons. The Kier molecular flexibility index (Phi) is 5.61. The van der Waals surface area contributed by atoms with Gasteiger partial charge in [0.05, 0.1) is 17.2 Å². The molecule has 1 rings (SSSR count). The van der Waals surface area contributed by atoms with E-state index in [4.69, 9.17) is 16.3 Å². The average molecular weight is 248 g/mol. The normalized spacial score (nSPS) is 15.2. The second kappa shape index (κ2) is 6.48. The highest BCUT2D eigenvalue weighted by molar-refractivity contribution is 7.10. The van der Waals surface area contributed by atoms with E-state index >= 15 is 0 Å². The van der Waals surface area contributed by atoms with Gasteiger partial charge in [-0.1, -0.05) is 18.5 Å². The van der Waals surface area contributed by atoms with Crippen LogP contribution in [0.5, 0.6) is 0 Å². The topological polar surface area (TPSA) is 21.3 Å². The zero-order valence-corrected chi connectivity index (χ0v) is 11.0. The fourth-order valence-electron chi connectivity index (χ4n) is 1.44. The lowest BCUT2D eigenvalue weighted by Gasteiger charge is -2.23. The minimum Gasteiger partial charge on any atom is -0.380 e. The van der Waals surface area contributed by atoms with Crippen LogP contribution in [-0.2, 0) is 4.74 Å². The third kappa shape index (κ3) is 3.45. The average Bonchev–Trinajstić information content (AvgIpc) is 2.65. The molecule has 0 amide bonds. The summed E-state index contributed by atoms with van der Waals surface area (Å²) in [5.41, 5.74) is 0. The Hall–Kier alpha value is -0.0900. The van der Waals surface area contributed by atoms with Crippen LogP contribution >= 0.6 is 22.9 Å². The van der Waals surface area contributed by atoms with E-state index in [0.29, 0.717) is 0 Å². The van der Waals surface area contributed by atoms with Gasteiger partial charge in [0.25, 0.3) is 0 Å². The Balaban J connectivity index is 2.76. The number of nitrogens with one attached hydrogen (secondary N) is 1. The number of rotatable bonds is 6. The van der Waals surface area contributed by atoms with Crippen LogP contribution in [0, 0.1) is 0 Å². The molecule has 1 heterocycles. The van der Waals surface area contributed by atoms with Crippen molar-refractivity contribution in [3.8, 4) is 0 Å². The first-order chi connectivity index (χ1) is 7.20. The second-order valence-corrected chi connectivity index (χ2v) is 4.86. The van der Waals surface area contributed by atoms with Crippen LogP contribution in [-0.4, -0.2) is 19.8 Å². The molecule has 1 aromatic heterocycles. The van der Waals surface area contributed by atoms with Gasteiger partial charge in [-0.3, -0.25) is 0 Å². The first-order valence-corrected chi connectivity index (χ1v) is 6.45. The lowest BCUT2D eigenvalue weighted by Crippen LogP contribution is -2.31. The first-order valence-electron chi connectivity index (χ1n) is 5.19. The van der Waals surface area contributed by atoms with Gasteiger partial charge in [0.15, 0.2) is 0 Å². The molecule has 0 fully saturated rings. The van der Waals surface area contributed by atoms with Crippen molar-refractivity contribution < 1.29 is 4.74 Å². The van der Waals surface area contributed by atoms with E-state index in [9.17, 15) is 0 Å². The summed E-state index contributed by atoms with van der Waals surface area (Å²) >= 11 is 7.81. The predicted molar refractivity (Wildman–Crippen MR) is 66.8 cm³/mol. The molecule has 4 heteroatoms. The summed E-state index contributed by atoms with van der Waals surface area (Å²) in [7, 11) is 1.73. The molecular weight excluding hydrogens is 230 g/mol. The Morgan fingerprint density at radius 2 is 2.33 bits per heavy atom. The van der Waals surface area contributed by atoms with Gasteiger partial charge in [-0.2, -0.15) is 0 Å². The molecule has 2 unspecified atom stereocenters. The van der Waals surface area contributed by atoms with E-state index < -0.39 is 0 Å². The summed E-state index contributed by atoms with van der Waals surface area (Å²) in [6.45, 7) is 5.19. The summed E-state index contributed by atoms with van der Waals surface area (Å²) in [4.78, 5) is 1.17. The minimum absolute atomic E-state index is 0.132. The maximum Gasteiger partial charge on any atom is 0.0746 e. The molecule has 0 radical (unpaired) electrons. The Morgan fingerprint density at radius 3 is 2.80 bits per heavy atom. The number of hydrogen-bond donors (Lipinski definition) is 1. The SMILES string of the molecule is CCCNC(c1sccc1Cl)C(C)OC. The Labute approximate surface area is 101 Å². The highest BCUT2D eigenvalue weighted by Crippen LogP contribution is 2.31. The molecule has 1 N–H and O–H groups in total. The van der Waals surface area contributed by atoms with Gasteiger partial charge in [0, 0.05) is 12.0 Å². The fraction of sp³-hybridized carbons (Fsp3) is 0.636. The van der Waals surface area contributed by atoms with Crippen LogP contribution in [0.1, 0.15) is 31.2 Å². The van der Waals surface area contributed by atoms with E-state index in [1.807, 2.05) is 11.4 Å². The van der Waals surface area contributed by atoms with Gasteiger partial charge in [-0.15, -0.1) is 11.3 Å². The fourth-order valence-corrected chi connectivity index (χ4v) is 2.78. The van der Waals surface area contributed by atoms with Gasteiger partial charge in [0.2, 0.25) is 0 Å². The van der Waals surface area contributed by atoms with Gasteiger partial charge >= 0.3 is 0 Å². The number of hydrogen-bond acceptors (Lipinski definition) is 3. The van der Waals surface area contributed by atoms with Crippen LogP contribution in [0.25, 0.3) is 0 Å². The van der Waals surface area contributed by atoms with Crippen LogP contribution in [0.2, 0.25) is 5.02 Å². The molecule has 0 saturated carbocycles. The van der Waals surface area contributed by atoms with Crippen molar-refractivity contribution in [3.05, 3.63) is 21.3 Å². The van der Waals surface area contributed by atoms with E-state index in [-0.39, 0.29) is 12.1 Å². The zero-order chi connectivity index (χ0) is 11.3. The van der Waals surface area contributed by atoms with E-state index in [1.54, 1.807) is 18.4 Å². The van der Waals surface area contributed by atoms with Crippen molar-refractivity contribution >= 4 is 22.9 Å². The molecule has 0 saturated heterocycles. The number of ether oxygens (including phenoxy) is 1. The molecule has 0 aliphatic rings. The smallest absolute Gasteiger partial charge is 0.0746 e. The lowest BCUT2D eigenvalue weighted by molar-refractivity contribution is 0.0842. The quantitative estimate of drug-likeness (QED) is 0.831. The molecule has 0 aromatic carbocycles. The van der Waals surface area contributed by atoms with Crippen molar-refractivity contribution in [1.29, 1.82) is 0 Å². The van der Waals surface area contributed by atoms with Gasteiger partial charge in [-0.25, -0.2) is 0 Å². The molecule has 0 aliphatic heterocycles. The predicted octanol–water partition coefficient (Wildman–Crippen LogP) is 3.48. The second-order valence-electron chi connectivity index (χ2n) is 3.51. The summed E-state index contributed by atoms with van der Waals surface area (Å²) in [6.07, 6.45) is 1.24. The van der Waals surface area contributed by atoms with E-state index in [0.717, 1.165) is 18.0 Å². The molecule has 0 bridgehead atoms. The maximum absolute atomic E-state index is 6.13. The Morgan fingerprint density at radius 1 is 1.60 bits per heavy atom. The van der Waals surface area contributed by atoms with Gasteiger partial charge in [-0.05, 0) is 31.3 Å². The molecule has 2 nitrogen and oxygen atoms in total. The summed E-state index contributed by atoms with van der Waals surface area (Å²) in [6, 6.07) is 2.13. The standard InChI is InChI=1S/C11H18ClNOS/c1-4-6-13-10(8(2)14-3)11-9(12)5-7-15-11/h5,7-8,10,13H,4,6H2,1-3H3. The first kappa shape index (κ1) is 13.0. The number of halogens is 1. The van der Waals surface area contributed by atoms with E-state index in [2.05, 4.69) is 19.2 Å². The minimum atomic E-state index is 0.132. The summed E-state index contributed by atoms with van der Waals surface area (Å²) in [5, 5.41) is 6.31. The third-order valence-electron chi connectivity index (χ3n) is 2.38. The third-order valence-corrected chi connectivity index (χ3v) is 3.82. The highest BCUT2D eigenvalue weighted by Gasteiger charge is 2.21. The largest absolute Gasteiger partial charge is 0.380 e. The van der Waals surface area contributed by atoms with Crippen molar-refractivity contribution in [2.75, 3.05) is 13.7 Å². The van der Waals surface area contributed by atoms with Gasteiger partial charge in [0.1, 0.15) is 0 Å². The number of methoxy groups -OCH3 is 1. The van der Waals surface area contributed by atoms with Gasteiger partial charge < -0.3 is 10.1 Å². The van der Waals surface area contributed by atoms with E-state index in [1.165, 1.54) is 4.88 Å². The summed E-state index contributed by atoms with van der Waals surface area (Å²) < 4.78 is 5.37.